The van der Waals surface area contributed by atoms with Crippen LogP contribution in [0.4, 0.5) is 0 Å². The minimum absolute atomic E-state index is 0.0940. The summed E-state index contributed by atoms with van der Waals surface area (Å²) in [6.07, 6.45) is 1.33. The third kappa shape index (κ3) is 0.995. The number of nitrogens with zero attached hydrogens (tertiary/aromatic N) is 2. The van der Waals surface area contributed by atoms with Crippen molar-refractivity contribution in [3.63, 3.8) is 0 Å². The van der Waals surface area contributed by atoms with Gasteiger partial charge in [-0.25, -0.2) is 0 Å². The predicted octanol–water partition coefficient (Wildman–Crippen LogP) is 2.11. The van der Waals surface area contributed by atoms with E-state index < -0.39 is 0 Å². The molecule has 0 N–H and O–H groups in total. The summed E-state index contributed by atoms with van der Waals surface area (Å²) in [4.78, 5) is 8.01. The molecule has 0 unspecified atom stereocenters. The van der Waals surface area contributed by atoms with E-state index in [0.717, 1.165) is 0 Å². The minimum Gasteiger partial charge on any atom is -0.422 e. The Bertz CT molecular complexity index is 366. The lowest BCUT2D eigenvalue weighted by atomic mass is 9.97. The van der Waals surface area contributed by atoms with E-state index in [1.165, 1.54) is 6.39 Å². The highest BCUT2D eigenvalue weighted by atomic mass is 16.4. The highest BCUT2D eigenvalue weighted by Gasteiger charge is 2.22. The van der Waals surface area contributed by atoms with Gasteiger partial charge in [-0.2, -0.15) is 9.97 Å². The van der Waals surface area contributed by atoms with Crippen molar-refractivity contribution in [2.75, 3.05) is 0 Å². The van der Waals surface area contributed by atoms with Gasteiger partial charge in [0.05, 0.1) is 0 Å². The fourth-order valence-electron chi connectivity index (χ4n) is 0.901. The first kappa shape index (κ1) is 7.34. The summed E-state index contributed by atoms with van der Waals surface area (Å²) in [5.74, 6) is 0.657. The quantitative estimate of drug-likeness (QED) is 0.601. The van der Waals surface area contributed by atoms with Crippen molar-refractivity contribution in [1.82, 2.24) is 9.97 Å². The number of fused-ring (bicyclic) bond motifs is 1. The normalized spacial score (nSPS) is 12.6. The molecule has 0 aliphatic heterocycles. The van der Waals surface area contributed by atoms with Gasteiger partial charge in [0.2, 0.25) is 5.89 Å². The Morgan fingerprint density at radius 2 is 2.00 bits per heavy atom. The third-order valence-corrected chi connectivity index (χ3v) is 1.56. The molecule has 2 aromatic heterocycles. The smallest absolute Gasteiger partial charge is 0.288 e. The van der Waals surface area contributed by atoms with E-state index in [2.05, 4.69) is 9.97 Å². The molecule has 2 aromatic rings. The van der Waals surface area contributed by atoms with E-state index in [0.29, 0.717) is 17.3 Å². The number of aromatic nitrogens is 2. The van der Waals surface area contributed by atoms with Crippen molar-refractivity contribution < 1.29 is 8.83 Å². The second kappa shape index (κ2) is 2.09. The molecule has 0 amide bonds. The Kier molecular flexibility index (Phi) is 1.28. The number of rotatable bonds is 0. The number of hydrogen-bond acceptors (Lipinski definition) is 4. The van der Waals surface area contributed by atoms with Gasteiger partial charge in [0.25, 0.3) is 11.4 Å². The third-order valence-electron chi connectivity index (χ3n) is 1.56. The van der Waals surface area contributed by atoms with Crippen LogP contribution < -0.4 is 0 Å². The van der Waals surface area contributed by atoms with Crippen LogP contribution in [-0.4, -0.2) is 9.97 Å². The molecule has 4 heteroatoms. The van der Waals surface area contributed by atoms with Crippen LogP contribution >= 0.6 is 0 Å². The SMILES string of the molecule is CC(C)(C)c1nc2ocnc2o1. The molecule has 0 saturated carbocycles. The molecule has 2 heterocycles. The molecule has 0 spiro atoms. The van der Waals surface area contributed by atoms with Crippen LogP contribution in [0.2, 0.25) is 0 Å². The van der Waals surface area contributed by atoms with Gasteiger partial charge in [-0.1, -0.05) is 20.8 Å². The van der Waals surface area contributed by atoms with Gasteiger partial charge in [-0.3, -0.25) is 0 Å². The summed E-state index contributed by atoms with van der Waals surface area (Å²) in [7, 11) is 0. The molecular formula is C8H10N2O2. The van der Waals surface area contributed by atoms with Crippen molar-refractivity contribution in [3.8, 4) is 0 Å². The highest BCUT2D eigenvalue weighted by molar-refractivity contribution is 5.59. The van der Waals surface area contributed by atoms with E-state index in [4.69, 9.17) is 8.83 Å². The van der Waals surface area contributed by atoms with Crippen LogP contribution in [-0.2, 0) is 5.41 Å². The maximum Gasteiger partial charge on any atom is 0.288 e. The summed E-state index contributed by atoms with van der Waals surface area (Å²) in [6.45, 7) is 6.08. The second-order valence-corrected chi connectivity index (χ2v) is 3.73. The Morgan fingerprint density at radius 1 is 1.25 bits per heavy atom. The van der Waals surface area contributed by atoms with Crippen LogP contribution in [0.3, 0.4) is 0 Å². The molecule has 0 radical (unpaired) electrons. The van der Waals surface area contributed by atoms with E-state index in [-0.39, 0.29) is 5.41 Å². The minimum atomic E-state index is -0.0940. The largest absolute Gasteiger partial charge is 0.422 e. The molecule has 0 saturated heterocycles. The molecular weight excluding hydrogens is 156 g/mol. The summed E-state index contributed by atoms with van der Waals surface area (Å²) in [5, 5.41) is 0. The zero-order valence-corrected chi connectivity index (χ0v) is 7.29. The van der Waals surface area contributed by atoms with Gasteiger partial charge in [-0.15, -0.1) is 0 Å². The van der Waals surface area contributed by atoms with Crippen molar-refractivity contribution >= 4 is 11.4 Å². The van der Waals surface area contributed by atoms with Crippen molar-refractivity contribution in [1.29, 1.82) is 0 Å². The lowest BCUT2D eigenvalue weighted by molar-refractivity contribution is 0.405. The first-order valence-corrected chi connectivity index (χ1v) is 3.78. The van der Waals surface area contributed by atoms with Gasteiger partial charge in [-0.05, 0) is 0 Å². The first-order valence-electron chi connectivity index (χ1n) is 3.78. The Hall–Kier alpha value is -1.32. The summed E-state index contributed by atoms with van der Waals surface area (Å²) in [6, 6.07) is 0. The summed E-state index contributed by atoms with van der Waals surface area (Å²) in [5.41, 5.74) is 0.850. The van der Waals surface area contributed by atoms with Crippen molar-refractivity contribution in [2.45, 2.75) is 26.2 Å². The fourth-order valence-corrected chi connectivity index (χ4v) is 0.901. The van der Waals surface area contributed by atoms with Crippen LogP contribution in [0.15, 0.2) is 15.2 Å². The monoisotopic (exact) mass is 166 g/mol. The molecule has 4 nitrogen and oxygen atoms in total. The molecule has 0 aliphatic rings. The van der Waals surface area contributed by atoms with Gasteiger partial charge in [0, 0.05) is 5.41 Å². The summed E-state index contributed by atoms with van der Waals surface area (Å²) < 4.78 is 10.3. The molecule has 0 aliphatic carbocycles. The second-order valence-electron chi connectivity index (χ2n) is 3.73. The van der Waals surface area contributed by atoms with E-state index in [1.807, 2.05) is 20.8 Å². The molecule has 0 bridgehead atoms. The maximum atomic E-state index is 5.36. The molecule has 0 fully saturated rings. The van der Waals surface area contributed by atoms with Crippen LogP contribution in [0, 0.1) is 0 Å². The van der Waals surface area contributed by atoms with Crippen LogP contribution in [0.5, 0.6) is 0 Å². The van der Waals surface area contributed by atoms with Crippen LogP contribution in [0.25, 0.3) is 11.4 Å². The van der Waals surface area contributed by atoms with Gasteiger partial charge >= 0.3 is 0 Å². The highest BCUT2D eigenvalue weighted by Crippen LogP contribution is 2.24. The van der Waals surface area contributed by atoms with E-state index in [1.54, 1.807) is 0 Å². The Morgan fingerprint density at radius 3 is 2.58 bits per heavy atom. The average molecular weight is 166 g/mol. The molecule has 0 atom stereocenters. The maximum absolute atomic E-state index is 5.36. The Balaban J connectivity index is 2.59. The molecule has 2 rings (SSSR count). The van der Waals surface area contributed by atoms with Crippen molar-refractivity contribution in [3.05, 3.63) is 12.3 Å². The van der Waals surface area contributed by atoms with Gasteiger partial charge in [0.15, 0.2) is 6.39 Å². The topological polar surface area (TPSA) is 52.1 Å². The molecule has 12 heavy (non-hydrogen) atoms. The number of hydrogen-bond donors (Lipinski definition) is 0. The van der Waals surface area contributed by atoms with Gasteiger partial charge < -0.3 is 8.83 Å². The Labute approximate surface area is 69.6 Å². The lowest BCUT2D eigenvalue weighted by Crippen LogP contribution is -2.11. The number of oxazole rings is 2. The zero-order valence-electron chi connectivity index (χ0n) is 7.29. The first-order chi connectivity index (χ1) is 5.57. The lowest BCUT2D eigenvalue weighted by Gasteiger charge is -2.11. The fraction of sp³-hybridized carbons (Fsp3) is 0.500. The van der Waals surface area contributed by atoms with Gasteiger partial charge in [0.1, 0.15) is 0 Å². The summed E-state index contributed by atoms with van der Waals surface area (Å²) >= 11 is 0. The molecule has 64 valence electrons. The van der Waals surface area contributed by atoms with Crippen LogP contribution in [0.1, 0.15) is 26.7 Å². The van der Waals surface area contributed by atoms with Crippen molar-refractivity contribution in [2.24, 2.45) is 0 Å². The molecule has 0 aromatic carbocycles. The predicted molar refractivity (Wildman–Crippen MR) is 42.8 cm³/mol. The van der Waals surface area contributed by atoms with E-state index in [9.17, 15) is 0 Å². The zero-order chi connectivity index (χ0) is 8.77. The average Bonchev–Trinajstić information content (AvgIpc) is 2.37. The van der Waals surface area contributed by atoms with E-state index >= 15 is 0 Å². The standard InChI is InChI=1S/C8H10N2O2/c1-8(2,3)7-10-6-5(12-7)9-4-11-6/h4H,1-3H3.